The monoisotopic (exact) mass is 743 g/mol. The highest BCUT2D eigenvalue weighted by Gasteiger charge is 2.20. The summed E-state index contributed by atoms with van der Waals surface area (Å²) >= 11 is 0. The summed E-state index contributed by atoms with van der Waals surface area (Å²) in [7, 11) is 0. The van der Waals surface area contributed by atoms with Gasteiger partial charge in [-0.25, -0.2) is 0 Å². The van der Waals surface area contributed by atoms with Crippen molar-refractivity contribution in [3.8, 4) is 16.8 Å². The zero-order chi connectivity index (χ0) is 38.4. The minimum absolute atomic E-state index is 0.872. The van der Waals surface area contributed by atoms with Gasteiger partial charge >= 0.3 is 0 Å². The van der Waals surface area contributed by atoms with Crippen LogP contribution < -0.4 is 9.80 Å². The lowest BCUT2D eigenvalue weighted by Gasteiger charge is -2.26. The van der Waals surface area contributed by atoms with E-state index in [9.17, 15) is 0 Å². The highest BCUT2D eigenvalue weighted by molar-refractivity contribution is 6.11. The second kappa shape index (κ2) is 14.0. The van der Waals surface area contributed by atoms with Crippen LogP contribution in [0.3, 0.4) is 0 Å². The highest BCUT2D eigenvalue weighted by atomic mass is 16.3. The van der Waals surface area contributed by atoms with Gasteiger partial charge in [0, 0.05) is 55.7 Å². The van der Waals surface area contributed by atoms with Crippen LogP contribution in [0.15, 0.2) is 229 Å². The fourth-order valence-corrected chi connectivity index (χ4v) is 8.50. The first-order valence-corrected chi connectivity index (χ1v) is 19.7. The van der Waals surface area contributed by atoms with Crippen LogP contribution in [0.25, 0.3) is 60.6 Å². The van der Waals surface area contributed by atoms with E-state index in [0.717, 1.165) is 72.9 Å². The molecule has 0 atom stereocenters. The van der Waals surface area contributed by atoms with Crippen molar-refractivity contribution in [3.05, 3.63) is 224 Å². The van der Waals surface area contributed by atoms with Crippen LogP contribution in [0.4, 0.5) is 34.1 Å². The van der Waals surface area contributed by atoms with Crippen molar-refractivity contribution in [1.82, 2.24) is 4.57 Å². The number of furan rings is 1. The minimum atomic E-state index is 0.872. The Morgan fingerprint density at radius 3 is 1.52 bits per heavy atom. The lowest BCUT2D eigenvalue weighted by Crippen LogP contribution is -2.10. The second-order valence-electron chi connectivity index (χ2n) is 14.6. The van der Waals surface area contributed by atoms with Gasteiger partial charge in [-0.3, -0.25) is 0 Å². The van der Waals surface area contributed by atoms with Gasteiger partial charge in [0.1, 0.15) is 5.58 Å². The lowest BCUT2D eigenvalue weighted by atomic mass is 10.0. The van der Waals surface area contributed by atoms with E-state index in [1.165, 1.54) is 21.8 Å². The van der Waals surface area contributed by atoms with Gasteiger partial charge in [-0.15, -0.1) is 0 Å². The summed E-state index contributed by atoms with van der Waals surface area (Å²) in [5.74, 6) is 0. The Hall–Kier alpha value is -7.82. The molecule has 2 heterocycles. The number of fused-ring (bicyclic) bond motifs is 6. The van der Waals surface area contributed by atoms with Crippen molar-refractivity contribution in [3.63, 3.8) is 0 Å². The molecule has 0 N–H and O–H groups in total. The van der Waals surface area contributed by atoms with Crippen molar-refractivity contribution in [2.24, 2.45) is 0 Å². The highest BCUT2D eigenvalue weighted by Crippen LogP contribution is 2.43. The summed E-state index contributed by atoms with van der Waals surface area (Å²) < 4.78 is 8.87. The van der Waals surface area contributed by atoms with Crippen LogP contribution in [0.1, 0.15) is 0 Å². The Kier molecular flexibility index (Phi) is 8.11. The maximum Gasteiger partial charge on any atom is 0.159 e. The molecule has 0 saturated carbocycles. The summed E-state index contributed by atoms with van der Waals surface area (Å²) in [6, 6.07) is 79.7. The average molecular weight is 744 g/mol. The summed E-state index contributed by atoms with van der Waals surface area (Å²) in [4.78, 5) is 4.63. The molecular weight excluding hydrogens is 707 g/mol. The summed E-state index contributed by atoms with van der Waals surface area (Å²) in [6.07, 6.45) is 0. The Morgan fingerprint density at radius 2 is 0.828 bits per heavy atom. The molecule has 4 heteroatoms. The standard InChI is InChI=1S/C54H37N3O/c1-4-15-40(16-5-1)55(45-35-36-51-49(37-45)46-21-10-12-24-50(46)57(51)42-19-8-3-9-20-42)43-31-27-38(28-32-43)39-29-33-44(34-30-39)56(41-17-6-2-7-18-41)52-25-14-23-48-47-22-11-13-26-53(47)58-54(48)52/h1-37H. The van der Waals surface area contributed by atoms with Crippen molar-refractivity contribution in [2.45, 2.75) is 0 Å². The molecule has 0 aliphatic heterocycles. The number of hydrogen-bond acceptors (Lipinski definition) is 3. The van der Waals surface area contributed by atoms with Crippen molar-refractivity contribution >= 4 is 77.9 Å². The Bertz CT molecular complexity index is 3200. The molecule has 0 bridgehead atoms. The number of benzene rings is 9. The smallest absolute Gasteiger partial charge is 0.159 e. The Morgan fingerprint density at radius 1 is 0.328 bits per heavy atom. The Labute approximate surface area is 336 Å². The predicted molar refractivity (Wildman–Crippen MR) is 243 cm³/mol. The van der Waals surface area contributed by atoms with E-state index in [0.29, 0.717) is 0 Å². The fourth-order valence-electron chi connectivity index (χ4n) is 8.50. The van der Waals surface area contributed by atoms with E-state index in [1.807, 2.05) is 12.1 Å². The molecule has 11 aromatic rings. The minimum Gasteiger partial charge on any atom is -0.454 e. The van der Waals surface area contributed by atoms with E-state index in [-0.39, 0.29) is 0 Å². The molecule has 11 rings (SSSR count). The van der Waals surface area contributed by atoms with Gasteiger partial charge in [-0.2, -0.15) is 0 Å². The van der Waals surface area contributed by atoms with Crippen molar-refractivity contribution in [1.29, 1.82) is 0 Å². The number of para-hydroxylation sites is 6. The van der Waals surface area contributed by atoms with Crippen molar-refractivity contribution < 1.29 is 4.42 Å². The first-order valence-electron chi connectivity index (χ1n) is 19.7. The van der Waals surface area contributed by atoms with Gasteiger partial charge in [0.05, 0.1) is 16.7 Å². The number of hydrogen-bond donors (Lipinski definition) is 0. The van der Waals surface area contributed by atoms with Crippen LogP contribution in [0.2, 0.25) is 0 Å². The normalized spacial score (nSPS) is 11.4. The van der Waals surface area contributed by atoms with Crippen LogP contribution >= 0.6 is 0 Å². The van der Waals surface area contributed by atoms with E-state index in [4.69, 9.17) is 4.42 Å². The average Bonchev–Trinajstić information content (AvgIpc) is 3.84. The molecule has 58 heavy (non-hydrogen) atoms. The quantitative estimate of drug-likeness (QED) is 0.155. The largest absolute Gasteiger partial charge is 0.454 e. The SMILES string of the molecule is c1ccc(N(c2ccc(-c3ccc(N(c4ccccc4)c4cccc5c4oc4ccccc45)cc3)cc2)c2ccc3c(c2)c2ccccc2n3-c2ccccc2)cc1. The Balaban J connectivity index is 0.963. The molecule has 4 nitrogen and oxygen atoms in total. The second-order valence-corrected chi connectivity index (χ2v) is 14.6. The van der Waals surface area contributed by atoms with E-state index in [2.05, 4.69) is 227 Å². The van der Waals surface area contributed by atoms with E-state index >= 15 is 0 Å². The number of nitrogens with zero attached hydrogens (tertiary/aromatic N) is 3. The van der Waals surface area contributed by atoms with Gasteiger partial charge in [0.15, 0.2) is 5.58 Å². The topological polar surface area (TPSA) is 24.6 Å². The van der Waals surface area contributed by atoms with Crippen LogP contribution in [-0.2, 0) is 0 Å². The fraction of sp³-hybridized carbons (Fsp3) is 0. The third-order valence-corrected chi connectivity index (χ3v) is 11.2. The molecule has 2 aromatic heterocycles. The molecule has 0 aliphatic rings. The number of rotatable bonds is 8. The summed E-state index contributed by atoms with van der Waals surface area (Å²) in [6.45, 7) is 0. The van der Waals surface area contributed by atoms with E-state index < -0.39 is 0 Å². The summed E-state index contributed by atoms with van der Waals surface area (Å²) in [5.41, 5.74) is 14.0. The number of anilines is 6. The molecular formula is C54H37N3O. The maximum absolute atomic E-state index is 6.51. The molecule has 0 fully saturated rings. The zero-order valence-electron chi connectivity index (χ0n) is 31.6. The van der Waals surface area contributed by atoms with Gasteiger partial charge in [0.25, 0.3) is 0 Å². The van der Waals surface area contributed by atoms with Crippen LogP contribution in [0, 0.1) is 0 Å². The lowest BCUT2D eigenvalue weighted by molar-refractivity contribution is 0.669. The van der Waals surface area contributed by atoms with Crippen molar-refractivity contribution in [2.75, 3.05) is 9.80 Å². The third-order valence-electron chi connectivity index (χ3n) is 11.2. The van der Waals surface area contributed by atoms with Gasteiger partial charge in [0.2, 0.25) is 0 Å². The molecule has 0 saturated heterocycles. The zero-order valence-corrected chi connectivity index (χ0v) is 31.6. The van der Waals surface area contributed by atoms with Gasteiger partial charge in [-0.05, 0) is 108 Å². The summed E-state index contributed by atoms with van der Waals surface area (Å²) in [5, 5.41) is 4.67. The van der Waals surface area contributed by atoms with Crippen LogP contribution in [0.5, 0.6) is 0 Å². The molecule has 0 spiro atoms. The predicted octanol–water partition coefficient (Wildman–Crippen LogP) is 15.3. The van der Waals surface area contributed by atoms with Gasteiger partial charge in [-0.1, -0.05) is 127 Å². The molecule has 0 unspecified atom stereocenters. The first-order chi connectivity index (χ1) is 28.8. The van der Waals surface area contributed by atoms with E-state index in [1.54, 1.807) is 0 Å². The number of aromatic nitrogens is 1. The third kappa shape index (κ3) is 5.70. The first kappa shape index (κ1) is 33.5. The maximum atomic E-state index is 6.51. The van der Waals surface area contributed by atoms with Gasteiger partial charge < -0.3 is 18.8 Å². The molecule has 0 radical (unpaired) electrons. The molecule has 9 aromatic carbocycles. The van der Waals surface area contributed by atoms with Crippen LogP contribution in [-0.4, -0.2) is 4.57 Å². The molecule has 274 valence electrons. The molecule has 0 amide bonds. The molecule has 0 aliphatic carbocycles.